The fourth-order valence-electron chi connectivity index (χ4n) is 3.19. The summed E-state index contributed by atoms with van der Waals surface area (Å²) in [6, 6.07) is 8.82. The van der Waals surface area contributed by atoms with Crippen molar-refractivity contribution in [1.29, 1.82) is 0 Å². The molecule has 0 radical (unpaired) electrons. The van der Waals surface area contributed by atoms with Crippen molar-refractivity contribution in [2.24, 2.45) is 0 Å². The Morgan fingerprint density at radius 2 is 1.97 bits per heavy atom. The Kier molecular flexibility index (Phi) is 5.78. The van der Waals surface area contributed by atoms with Crippen LogP contribution in [0.4, 0.5) is 5.82 Å². The molecule has 9 heteroatoms. The lowest BCUT2D eigenvalue weighted by Crippen LogP contribution is -2.34. The molecule has 8 nitrogen and oxygen atoms in total. The van der Waals surface area contributed by atoms with Gasteiger partial charge in [0, 0.05) is 24.4 Å². The number of anilines is 1. The van der Waals surface area contributed by atoms with Crippen molar-refractivity contribution in [1.82, 2.24) is 10.1 Å². The Bertz CT molecular complexity index is 1290. The molecule has 1 aliphatic rings. The number of ether oxygens (including phenoxy) is 2. The van der Waals surface area contributed by atoms with Crippen LogP contribution in [0.3, 0.4) is 0 Å². The van der Waals surface area contributed by atoms with Crippen molar-refractivity contribution < 1.29 is 22.4 Å². The van der Waals surface area contributed by atoms with Crippen LogP contribution in [0.15, 0.2) is 45.9 Å². The van der Waals surface area contributed by atoms with E-state index in [2.05, 4.69) is 22.0 Å². The van der Waals surface area contributed by atoms with Gasteiger partial charge < -0.3 is 14.0 Å². The standard InChI is InChI=1S/C22H21N3O5S/c1-15-16(2)30-24-22(15)25(14-28-3)31(26,27)21-5-4-10-23-20(21)9-7-17-6-8-18-12-29-13-19(18)11-17/h4-6,8,10-11H,12-14H2,1-3H3. The minimum atomic E-state index is -4.07. The normalized spacial score (nSPS) is 12.9. The van der Waals surface area contributed by atoms with Crippen molar-refractivity contribution in [2.75, 3.05) is 18.1 Å². The minimum absolute atomic E-state index is 0.0379. The second kappa shape index (κ2) is 8.51. The summed E-state index contributed by atoms with van der Waals surface area (Å²) in [4.78, 5) is 4.17. The highest BCUT2D eigenvalue weighted by Gasteiger charge is 2.31. The second-order valence-corrected chi connectivity index (χ2v) is 8.87. The quantitative estimate of drug-likeness (QED) is 0.446. The minimum Gasteiger partial charge on any atom is -0.372 e. The fraction of sp³-hybridized carbons (Fsp3) is 0.273. The van der Waals surface area contributed by atoms with E-state index in [9.17, 15) is 8.42 Å². The molecular formula is C22H21N3O5S. The number of benzene rings is 1. The molecule has 0 aliphatic carbocycles. The summed E-state index contributed by atoms with van der Waals surface area (Å²) in [6.07, 6.45) is 1.51. The van der Waals surface area contributed by atoms with Gasteiger partial charge in [0.2, 0.25) is 0 Å². The molecule has 4 rings (SSSR count). The molecule has 0 atom stereocenters. The molecular weight excluding hydrogens is 418 g/mol. The monoisotopic (exact) mass is 439 g/mol. The maximum atomic E-state index is 13.5. The Morgan fingerprint density at radius 1 is 1.16 bits per heavy atom. The van der Waals surface area contributed by atoms with Crippen molar-refractivity contribution in [3.63, 3.8) is 0 Å². The zero-order valence-electron chi connectivity index (χ0n) is 17.4. The number of rotatable bonds is 5. The van der Waals surface area contributed by atoms with Gasteiger partial charge in [-0.2, -0.15) is 0 Å². The maximum Gasteiger partial charge on any atom is 0.270 e. The van der Waals surface area contributed by atoms with Crippen LogP contribution in [0.25, 0.3) is 0 Å². The van der Waals surface area contributed by atoms with Crippen molar-refractivity contribution in [3.8, 4) is 11.8 Å². The summed E-state index contributed by atoms with van der Waals surface area (Å²) >= 11 is 0. The van der Waals surface area contributed by atoms with E-state index < -0.39 is 10.0 Å². The number of sulfonamides is 1. The molecule has 160 valence electrons. The van der Waals surface area contributed by atoms with Crippen LogP contribution in [0.1, 0.15) is 33.7 Å². The lowest BCUT2D eigenvalue weighted by atomic mass is 10.1. The summed E-state index contributed by atoms with van der Waals surface area (Å²) in [7, 11) is -2.66. The summed E-state index contributed by atoms with van der Waals surface area (Å²) in [5, 5.41) is 3.91. The SMILES string of the molecule is COCN(c1noc(C)c1C)S(=O)(=O)c1cccnc1C#Cc1ccc2c(c1)COC2. The maximum absolute atomic E-state index is 13.5. The summed E-state index contributed by atoms with van der Waals surface area (Å²) in [5.41, 5.74) is 3.73. The third-order valence-electron chi connectivity index (χ3n) is 5.00. The molecule has 0 N–H and O–H groups in total. The van der Waals surface area contributed by atoms with Crippen molar-refractivity contribution in [2.45, 2.75) is 32.0 Å². The van der Waals surface area contributed by atoms with E-state index >= 15 is 0 Å². The van der Waals surface area contributed by atoms with Crippen LogP contribution in [0.2, 0.25) is 0 Å². The van der Waals surface area contributed by atoms with Gasteiger partial charge in [-0.25, -0.2) is 17.7 Å². The van der Waals surface area contributed by atoms with E-state index in [1.165, 1.54) is 19.4 Å². The highest BCUT2D eigenvalue weighted by molar-refractivity contribution is 7.92. The van der Waals surface area contributed by atoms with Crippen LogP contribution in [-0.4, -0.2) is 32.4 Å². The van der Waals surface area contributed by atoms with Gasteiger partial charge in [-0.05, 0) is 55.2 Å². The topological polar surface area (TPSA) is 94.8 Å². The van der Waals surface area contributed by atoms with Gasteiger partial charge in [-0.1, -0.05) is 17.1 Å². The van der Waals surface area contributed by atoms with E-state index in [4.69, 9.17) is 14.0 Å². The van der Waals surface area contributed by atoms with Gasteiger partial charge in [0.15, 0.2) is 5.82 Å². The first-order valence-corrected chi connectivity index (χ1v) is 11.0. The Hall–Kier alpha value is -3.19. The predicted octanol–water partition coefficient (Wildman–Crippen LogP) is 2.92. The van der Waals surface area contributed by atoms with Crippen LogP contribution >= 0.6 is 0 Å². The van der Waals surface area contributed by atoms with Crippen molar-refractivity contribution in [3.05, 3.63) is 70.2 Å². The molecule has 1 aliphatic heterocycles. The van der Waals surface area contributed by atoms with E-state index in [0.717, 1.165) is 21.0 Å². The number of pyridine rings is 1. The second-order valence-electron chi connectivity index (χ2n) is 7.04. The first-order valence-electron chi connectivity index (χ1n) is 9.53. The number of nitrogens with zero attached hydrogens (tertiary/aromatic N) is 3. The van der Waals surface area contributed by atoms with Gasteiger partial charge in [-0.15, -0.1) is 0 Å². The van der Waals surface area contributed by atoms with Crippen LogP contribution < -0.4 is 4.31 Å². The summed E-state index contributed by atoms with van der Waals surface area (Å²) in [6.45, 7) is 4.37. The molecule has 3 aromatic rings. The highest BCUT2D eigenvalue weighted by atomic mass is 32.2. The predicted molar refractivity (Wildman–Crippen MR) is 113 cm³/mol. The molecule has 31 heavy (non-hydrogen) atoms. The van der Waals surface area contributed by atoms with Crippen LogP contribution in [0.5, 0.6) is 0 Å². The van der Waals surface area contributed by atoms with E-state index in [0.29, 0.717) is 24.5 Å². The number of aromatic nitrogens is 2. The van der Waals surface area contributed by atoms with E-state index in [-0.39, 0.29) is 23.1 Å². The third kappa shape index (κ3) is 4.05. The number of hydrogen-bond acceptors (Lipinski definition) is 7. The largest absolute Gasteiger partial charge is 0.372 e. The van der Waals surface area contributed by atoms with Gasteiger partial charge >= 0.3 is 0 Å². The van der Waals surface area contributed by atoms with Gasteiger partial charge in [-0.3, -0.25) is 0 Å². The van der Waals surface area contributed by atoms with Crippen molar-refractivity contribution >= 4 is 15.8 Å². The molecule has 0 amide bonds. The lowest BCUT2D eigenvalue weighted by Gasteiger charge is -2.21. The number of hydrogen-bond donors (Lipinski definition) is 0. The van der Waals surface area contributed by atoms with Gasteiger partial charge in [0.1, 0.15) is 23.1 Å². The summed E-state index contributed by atoms with van der Waals surface area (Å²) in [5.74, 6) is 6.61. The van der Waals surface area contributed by atoms with Gasteiger partial charge in [0.25, 0.3) is 10.0 Å². The van der Waals surface area contributed by atoms with Crippen LogP contribution in [-0.2, 0) is 32.7 Å². The molecule has 0 unspecified atom stereocenters. The molecule has 2 aromatic heterocycles. The molecule has 0 saturated carbocycles. The summed E-state index contributed by atoms with van der Waals surface area (Å²) < 4.78 is 43.8. The smallest absolute Gasteiger partial charge is 0.270 e. The average molecular weight is 439 g/mol. The number of methoxy groups -OCH3 is 1. The van der Waals surface area contributed by atoms with Gasteiger partial charge in [0.05, 0.1) is 13.2 Å². The molecule has 0 bridgehead atoms. The van der Waals surface area contributed by atoms with E-state index in [1.807, 2.05) is 18.2 Å². The third-order valence-corrected chi connectivity index (χ3v) is 6.74. The zero-order chi connectivity index (χ0) is 22.0. The number of aryl methyl sites for hydroxylation is 1. The number of fused-ring (bicyclic) bond motifs is 1. The van der Waals surface area contributed by atoms with E-state index in [1.54, 1.807) is 19.9 Å². The highest BCUT2D eigenvalue weighted by Crippen LogP contribution is 2.28. The Labute approximate surface area is 180 Å². The first-order chi connectivity index (χ1) is 14.9. The van der Waals surface area contributed by atoms with Crippen LogP contribution in [0, 0.1) is 25.7 Å². The molecule has 3 heterocycles. The molecule has 0 spiro atoms. The molecule has 0 saturated heterocycles. The fourth-order valence-corrected chi connectivity index (χ4v) is 4.67. The lowest BCUT2D eigenvalue weighted by molar-refractivity contribution is 0.134. The first kappa shape index (κ1) is 21.1. The zero-order valence-corrected chi connectivity index (χ0v) is 18.2. The molecule has 0 fully saturated rings. The Morgan fingerprint density at radius 3 is 2.71 bits per heavy atom. The average Bonchev–Trinajstić information content (AvgIpc) is 3.37. The Balaban J connectivity index is 1.74. The molecule has 1 aromatic carbocycles.